The number of rotatable bonds is 6. The van der Waals surface area contributed by atoms with Crippen molar-refractivity contribution in [1.82, 2.24) is 10.2 Å². The van der Waals surface area contributed by atoms with Crippen molar-refractivity contribution in [2.24, 2.45) is 0 Å². The minimum Gasteiger partial charge on any atom is -0.486 e. The molecule has 1 saturated carbocycles. The van der Waals surface area contributed by atoms with E-state index in [0.29, 0.717) is 23.7 Å². The minimum atomic E-state index is -0.612. The highest BCUT2D eigenvalue weighted by Gasteiger charge is 2.45. The summed E-state index contributed by atoms with van der Waals surface area (Å²) in [5.41, 5.74) is 1.63. The Kier molecular flexibility index (Phi) is 5.04. The lowest BCUT2D eigenvalue weighted by Crippen LogP contribution is -2.47. The van der Waals surface area contributed by atoms with Crippen molar-refractivity contribution in [3.63, 3.8) is 0 Å². The summed E-state index contributed by atoms with van der Waals surface area (Å²) in [6.07, 6.45) is 5.84. The molecule has 4 unspecified atom stereocenters. The fraction of sp³-hybridized carbons (Fsp3) is 0.500. The van der Waals surface area contributed by atoms with Gasteiger partial charge in [0.2, 0.25) is 0 Å². The number of hydrogen-bond acceptors (Lipinski definition) is 3. The Morgan fingerprint density at radius 1 is 1.03 bits per heavy atom. The Labute approximate surface area is 171 Å². The van der Waals surface area contributed by atoms with Crippen molar-refractivity contribution in [1.29, 1.82) is 0 Å². The lowest BCUT2D eigenvalue weighted by molar-refractivity contribution is 0.148. The minimum absolute atomic E-state index is 0.114. The normalized spacial score (nSPS) is 31.1. The first-order chi connectivity index (χ1) is 14.1. The lowest BCUT2D eigenvalue weighted by atomic mass is 9.97. The average Bonchev–Trinajstić information content (AvgIpc) is 3.43. The lowest BCUT2D eigenvalue weighted by Gasteiger charge is -2.37. The second-order valence-electron chi connectivity index (χ2n) is 8.91. The summed E-state index contributed by atoms with van der Waals surface area (Å²) in [5, 5.41) is 3.78. The van der Waals surface area contributed by atoms with Crippen LogP contribution in [0.1, 0.15) is 49.1 Å². The zero-order chi connectivity index (χ0) is 20.0. The summed E-state index contributed by atoms with van der Waals surface area (Å²) >= 11 is 0. The third-order valence-electron chi connectivity index (χ3n) is 7.00. The highest BCUT2D eigenvalue weighted by atomic mass is 19.1. The van der Waals surface area contributed by atoms with E-state index in [1.54, 1.807) is 0 Å². The molecule has 0 aromatic heterocycles. The van der Waals surface area contributed by atoms with Crippen molar-refractivity contribution in [3.8, 4) is 5.75 Å². The molecule has 2 saturated heterocycles. The number of nitrogens with one attached hydrogen (secondary N) is 1. The number of ether oxygens (including phenoxy) is 1. The van der Waals surface area contributed by atoms with Crippen molar-refractivity contribution < 1.29 is 13.5 Å². The quantitative estimate of drug-likeness (QED) is 0.769. The molecule has 2 aromatic rings. The van der Waals surface area contributed by atoms with Crippen LogP contribution < -0.4 is 10.1 Å². The maximum Gasteiger partial charge on any atom is 0.168 e. The molecule has 154 valence electrons. The summed E-state index contributed by atoms with van der Waals surface area (Å²) < 4.78 is 34.4. The third kappa shape index (κ3) is 3.90. The fourth-order valence-electron chi connectivity index (χ4n) is 5.31. The van der Waals surface area contributed by atoms with Crippen LogP contribution in [0, 0.1) is 11.6 Å². The smallest absolute Gasteiger partial charge is 0.168 e. The maximum absolute atomic E-state index is 14.6. The van der Waals surface area contributed by atoms with Crippen LogP contribution in [-0.4, -0.2) is 36.1 Å². The fourth-order valence-corrected chi connectivity index (χ4v) is 5.31. The molecule has 3 nitrogen and oxygen atoms in total. The number of piperidine rings is 1. The highest BCUT2D eigenvalue weighted by molar-refractivity contribution is 5.42. The first-order valence-electron chi connectivity index (χ1n) is 10.7. The summed E-state index contributed by atoms with van der Waals surface area (Å²) in [4.78, 5) is 2.53. The van der Waals surface area contributed by atoms with E-state index in [1.165, 1.54) is 31.7 Å². The van der Waals surface area contributed by atoms with E-state index in [-0.39, 0.29) is 24.3 Å². The van der Waals surface area contributed by atoms with Crippen molar-refractivity contribution in [2.45, 2.75) is 68.8 Å². The van der Waals surface area contributed by atoms with Crippen molar-refractivity contribution >= 4 is 0 Å². The Bertz CT molecular complexity index is 861. The largest absolute Gasteiger partial charge is 0.486 e. The first-order valence-corrected chi connectivity index (χ1v) is 10.7. The zero-order valence-electron chi connectivity index (χ0n) is 16.8. The van der Waals surface area contributed by atoms with Crippen LogP contribution in [0.15, 0.2) is 42.5 Å². The molecular weight excluding hydrogens is 370 g/mol. The number of hydrogen-bond donors (Lipinski definition) is 1. The summed E-state index contributed by atoms with van der Waals surface area (Å²) in [7, 11) is 2.24. The van der Waals surface area contributed by atoms with E-state index in [0.717, 1.165) is 18.1 Å². The Morgan fingerprint density at radius 2 is 1.76 bits per heavy atom. The van der Waals surface area contributed by atoms with E-state index in [1.807, 2.05) is 30.3 Å². The average molecular weight is 398 g/mol. The standard InChI is InChI=1S/C24H28F2N2O/c1-28-18-7-8-19(28)12-17(11-18)27-23-13-20(23)21-9-16(25)10-22(26)24(21)29-14-15-5-3-2-4-6-15/h2-6,9-10,17-20,23,27H,7-8,11-14H2,1H3. The van der Waals surface area contributed by atoms with Gasteiger partial charge in [-0.05, 0) is 50.8 Å². The molecular formula is C24H28F2N2O. The molecule has 2 aliphatic heterocycles. The van der Waals surface area contributed by atoms with E-state index in [4.69, 9.17) is 4.74 Å². The van der Waals surface area contributed by atoms with Gasteiger partial charge in [0.05, 0.1) is 0 Å². The highest BCUT2D eigenvalue weighted by Crippen LogP contribution is 2.47. The monoisotopic (exact) mass is 398 g/mol. The van der Waals surface area contributed by atoms with Gasteiger partial charge in [-0.2, -0.15) is 0 Å². The predicted molar refractivity (Wildman–Crippen MR) is 109 cm³/mol. The molecule has 2 heterocycles. The number of halogens is 2. The summed E-state index contributed by atoms with van der Waals surface area (Å²) in [6.45, 7) is 0.277. The maximum atomic E-state index is 14.6. The molecule has 5 heteroatoms. The SMILES string of the molecule is CN1C2CCC1CC(NC1CC1c1cc(F)cc(F)c1OCc1ccccc1)C2. The second-order valence-corrected chi connectivity index (χ2v) is 8.91. The Morgan fingerprint density at radius 3 is 2.48 bits per heavy atom. The topological polar surface area (TPSA) is 24.5 Å². The number of benzene rings is 2. The van der Waals surface area contributed by atoms with Crippen molar-refractivity contribution in [3.05, 3.63) is 65.2 Å². The van der Waals surface area contributed by atoms with Gasteiger partial charge in [0.25, 0.3) is 0 Å². The van der Waals surface area contributed by atoms with Gasteiger partial charge in [0.15, 0.2) is 11.6 Å². The Balaban J connectivity index is 1.27. The molecule has 2 aromatic carbocycles. The Hall–Kier alpha value is -1.98. The van der Waals surface area contributed by atoms with Crippen LogP contribution in [0.5, 0.6) is 5.75 Å². The van der Waals surface area contributed by atoms with E-state index in [2.05, 4.69) is 17.3 Å². The van der Waals surface area contributed by atoms with Gasteiger partial charge >= 0.3 is 0 Å². The van der Waals surface area contributed by atoms with Gasteiger partial charge in [-0.15, -0.1) is 0 Å². The van der Waals surface area contributed by atoms with Gasteiger partial charge in [0, 0.05) is 41.7 Å². The molecule has 0 amide bonds. The molecule has 4 atom stereocenters. The van der Waals surface area contributed by atoms with Gasteiger partial charge in [0.1, 0.15) is 12.4 Å². The molecule has 1 N–H and O–H groups in total. The van der Waals surface area contributed by atoms with Crippen LogP contribution in [0.4, 0.5) is 8.78 Å². The van der Waals surface area contributed by atoms with Gasteiger partial charge < -0.3 is 15.0 Å². The van der Waals surface area contributed by atoms with Crippen molar-refractivity contribution in [2.75, 3.05) is 7.05 Å². The van der Waals surface area contributed by atoms with E-state index < -0.39 is 11.6 Å². The molecule has 0 spiro atoms. The number of nitrogens with zero attached hydrogens (tertiary/aromatic N) is 1. The molecule has 29 heavy (non-hydrogen) atoms. The predicted octanol–water partition coefficient (Wildman–Crippen LogP) is 4.61. The van der Waals surface area contributed by atoms with Crippen LogP contribution in [0.25, 0.3) is 0 Å². The van der Waals surface area contributed by atoms with Gasteiger partial charge in [-0.3, -0.25) is 0 Å². The molecule has 1 aliphatic carbocycles. The number of fused-ring (bicyclic) bond motifs is 2. The summed E-state index contributed by atoms with van der Waals surface area (Å²) in [6, 6.07) is 14.2. The first kappa shape index (κ1) is 19.0. The molecule has 2 bridgehead atoms. The zero-order valence-corrected chi connectivity index (χ0v) is 16.8. The third-order valence-corrected chi connectivity index (χ3v) is 7.00. The van der Waals surface area contributed by atoms with Crippen LogP contribution in [-0.2, 0) is 6.61 Å². The van der Waals surface area contributed by atoms with Gasteiger partial charge in [-0.25, -0.2) is 8.78 Å². The van der Waals surface area contributed by atoms with Crippen LogP contribution in [0.3, 0.4) is 0 Å². The second kappa shape index (κ2) is 7.69. The molecule has 0 radical (unpaired) electrons. The molecule has 3 aliphatic rings. The molecule has 3 fully saturated rings. The molecule has 5 rings (SSSR count). The van der Waals surface area contributed by atoms with E-state index in [9.17, 15) is 8.78 Å². The summed E-state index contributed by atoms with van der Waals surface area (Å²) in [5.74, 6) is -0.831. The van der Waals surface area contributed by atoms with Crippen LogP contribution in [0.2, 0.25) is 0 Å². The van der Waals surface area contributed by atoms with E-state index >= 15 is 0 Å². The van der Waals surface area contributed by atoms with Crippen LogP contribution >= 0.6 is 0 Å². The van der Waals surface area contributed by atoms with Gasteiger partial charge in [-0.1, -0.05) is 30.3 Å².